The molecule has 4 aromatic carbocycles. The first-order chi connectivity index (χ1) is 14.3. The van der Waals surface area contributed by atoms with Gasteiger partial charge in [-0.25, -0.2) is 0 Å². The Morgan fingerprint density at radius 3 is 1.69 bits per heavy atom. The van der Waals surface area contributed by atoms with Gasteiger partial charge in [0, 0.05) is 4.47 Å². The van der Waals surface area contributed by atoms with Gasteiger partial charge in [0.25, 0.3) is 0 Å². The number of hydrogen-bond acceptors (Lipinski definition) is 0. The predicted octanol–water partition coefficient (Wildman–Crippen LogP) is 9.33. The molecule has 0 unspecified atom stereocenters. The van der Waals surface area contributed by atoms with E-state index in [1.807, 2.05) is 0 Å². The van der Waals surface area contributed by atoms with Crippen molar-refractivity contribution in [3.63, 3.8) is 0 Å². The number of aryl methyl sites for hydroxylation is 1. The highest BCUT2D eigenvalue weighted by molar-refractivity contribution is 9.10. The molecule has 148 valence electrons. The monoisotopic (exact) mass is 444 g/mol. The molecule has 0 fully saturated rings. The Hall–Kier alpha value is -2.12. The minimum absolute atomic E-state index is 1.19. The molecule has 0 aliphatic heterocycles. The number of benzene rings is 4. The lowest BCUT2D eigenvalue weighted by molar-refractivity contribution is 0.607. The number of hydrogen-bond donors (Lipinski definition) is 0. The smallest absolute Gasteiger partial charge is 0.0332 e. The lowest BCUT2D eigenvalue weighted by Crippen LogP contribution is -1.89. The maximum Gasteiger partial charge on any atom is 0.0332 e. The third-order valence-electron chi connectivity index (χ3n) is 5.93. The fraction of sp³-hybridized carbons (Fsp3) is 0.286. The largest absolute Gasteiger partial charge is 0.0654 e. The average Bonchev–Trinajstić information content (AvgIpc) is 2.77. The minimum atomic E-state index is 1.19. The van der Waals surface area contributed by atoms with Gasteiger partial charge in [0.05, 0.1) is 0 Å². The molecular weight excluding hydrogens is 416 g/mol. The van der Waals surface area contributed by atoms with Crippen LogP contribution in [0, 0.1) is 0 Å². The summed E-state index contributed by atoms with van der Waals surface area (Å²) in [6.07, 6.45) is 9.30. The third kappa shape index (κ3) is 4.41. The summed E-state index contributed by atoms with van der Waals surface area (Å²) in [7, 11) is 0. The van der Waals surface area contributed by atoms with Crippen molar-refractivity contribution in [2.45, 2.75) is 51.9 Å². The minimum Gasteiger partial charge on any atom is -0.0654 e. The van der Waals surface area contributed by atoms with E-state index in [0.29, 0.717) is 0 Å². The van der Waals surface area contributed by atoms with Gasteiger partial charge < -0.3 is 0 Å². The summed E-state index contributed by atoms with van der Waals surface area (Å²) in [5.74, 6) is 0. The predicted molar refractivity (Wildman–Crippen MR) is 132 cm³/mol. The normalized spacial score (nSPS) is 11.4. The van der Waals surface area contributed by atoms with Crippen molar-refractivity contribution in [1.82, 2.24) is 0 Å². The molecule has 0 saturated heterocycles. The Morgan fingerprint density at radius 2 is 1.10 bits per heavy atom. The molecule has 0 aliphatic rings. The van der Waals surface area contributed by atoms with Gasteiger partial charge in [-0.3, -0.25) is 0 Å². The second kappa shape index (κ2) is 9.59. The molecule has 0 atom stereocenters. The zero-order valence-corrected chi connectivity index (χ0v) is 18.8. The standard InChI is InChI=1S/C28H29Br/c1-2-3-4-5-6-7-12-21-17-19-22(20-18-21)27-23-13-8-10-15-25(23)28(29)26-16-11-9-14-24(26)27/h8-11,13-20H,2-7,12H2,1H3. The molecular formula is C28H29Br. The van der Waals surface area contributed by atoms with Crippen molar-refractivity contribution in [1.29, 1.82) is 0 Å². The highest BCUT2D eigenvalue weighted by Crippen LogP contribution is 2.41. The van der Waals surface area contributed by atoms with Crippen molar-refractivity contribution < 1.29 is 0 Å². The van der Waals surface area contributed by atoms with Crippen LogP contribution >= 0.6 is 15.9 Å². The molecule has 4 rings (SSSR count). The van der Waals surface area contributed by atoms with Crippen LogP contribution in [0.3, 0.4) is 0 Å². The highest BCUT2D eigenvalue weighted by atomic mass is 79.9. The van der Waals surface area contributed by atoms with Crippen LogP contribution in [0.1, 0.15) is 51.0 Å². The Labute approximate surface area is 183 Å². The van der Waals surface area contributed by atoms with Gasteiger partial charge >= 0.3 is 0 Å². The van der Waals surface area contributed by atoms with Crippen LogP contribution in [0.15, 0.2) is 77.3 Å². The van der Waals surface area contributed by atoms with E-state index in [4.69, 9.17) is 0 Å². The molecule has 1 heteroatoms. The summed E-state index contributed by atoms with van der Waals surface area (Å²) in [5.41, 5.74) is 4.09. The van der Waals surface area contributed by atoms with E-state index >= 15 is 0 Å². The van der Waals surface area contributed by atoms with Crippen LogP contribution in [0.25, 0.3) is 32.7 Å². The second-order valence-corrected chi connectivity index (χ2v) is 8.79. The fourth-order valence-corrected chi connectivity index (χ4v) is 5.03. The molecule has 0 saturated carbocycles. The fourth-order valence-electron chi connectivity index (χ4n) is 4.33. The SMILES string of the molecule is CCCCCCCCc1ccc(-c2c3ccccc3c(Br)c3ccccc23)cc1. The molecule has 0 nitrogen and oxygen atoms in total. The summed E-state index contributed by atoms with van der Waals surface area (Å²) >= 11 is 3.85. The Bertz CT molecular complexity index is 1040. The lowest BCUT2D eigenvalue weighted by Gasteiger charge is -2.14. The van der Waals surface area contributed by atoms with Gasteiger partial charge in [-0.1, -0.05) is 112 Å². The van der Waals surface area contributed by atoms with E-state index in [1.165, 1.54) is 87.7 Å². The summed E-state index contributed by atoms with van der Waals surface area (Å²) in [6.45, 7) is 2.28. The molecule has 0 aliphatic carbocycles. The molecule has 0 spiro atoms. The maximum atomic E-state index is 3.85. The highest BCUT2D eigenvalue weighted by Gasteiger charge is 2.13. The van der Waals surface area contributed by atoms with Gasteiger partial charge in [0.1, 0.15) is 0 Å². The second-order valence-electron chi connectivity index (χ2n) is 7.99. The zero-order chi connectivity index (χ0) is 20.1. The van der Waals surface area contributed by atoms with Gasteiger partial charge in [-0.2, -0.15) is 0 Å². The van der Waals surface area contributed by atoms with E-state index in [9.17, 15) is 0 Å². The van der Waals surface area contributed by atoms with Crippen molar-refractivity contribution in [2.75, 3.05) is 0 Å². The van der Waals surface area contributed by atoms with E-state index in [-0.39, 0.29) is 0 Å². The van der Waals surface area contributed by atoms with Crippen molar-refractivity contribution in [3.8, 4) is 11.1 Å². The Morgan fingerprint density at radius 1 is 0.586 bits per heavy atom. The van der Waals surface area contributed by atoms with Gasteiger partial charge in [0.2, 0.25) is 0 Å². The molecule has 0 bridgehead atoms. The number of halogens is 1. The first-order valence-electron chi connectivity index (χ1n) is 11.0. The van der Waals surface area contributed by atoms with Crippen LogP contribution in [0.5, 0.6) is 0 Å². The first kappa shape index (κ1) is 20.2. The maximum absolute atomic E-state index is 3.85. The summed E-state index contributed by atoms with van der Waals surface area (Å²) in [4.78, 5) is 0. The van der Waals surface area contributed by atoms with E-state index < -0.39 is 0 Å². The van der Waals surface area contributed by atoms with Crippen molar-refractivity contribution in [2.24, 2.45) is 0 Å². The Balaban J connectivity index is 1.63. The first-order valence-corrected chi connectivity index (χ1v) is 11.8. The van der Waals surface area contributed by atoms with Crippen LogP contribution in [0.2, 0.25) is 0 Å². The van der Waals surface area contributed by atoms with Crippen LogP contribution in [0.4, 0.5) is 0 Å². The molecule has 29 heavy (non-hydrogen) atoms. The molecule has 0 N–H and O–H groups in total. The molecule has 0 heterocycles. The average molecular weight is 445 g/mol. The number of unbranched alkanes of at least 4 members (excludes halogenated alkanes) is 5. The Kier molecular flexibility index (Phi) is 6.67. The topological polar surface area (TPSA) is 0 Å². The van der Waals surface area contributed by atoms with Crippen LogP contribution < -0.4 is 0 Å². The van der Waals surface area contributed by atoms with E-state index in [1.54, 1.807) is 0 Å². The van der Waals surface area contributed by atoms with Gasteiger partial charge in [-0.15, -0.1) is 0 Å². The van der Waals surface area contributed by atoms with Gasteiger partial charge in [-0.05, 0) is 67.0 Å². The van der Waals surface area contributed by atoms with Crippen molar-refractivity contribution in [3.05, 3.63) is 82.8 Å². The number of rotatable bonds is 8. The zero-order valence-electron chi connectivity index (χ0n) is 17.3. The van der Waals surface area contributed by atoms with Crippen LogP contribution in [-0.2, 0) is 6.42 Å². The van der Waals surface area contributed by atoms with Crippen LogP contribution in [-0.4, -0.2) is 0 Å². The molecule has 0 amide bonds. The summed E-state index contributed by atoms with van der Waals surface area (Å²) in [5, 5.41) is 5.17. The van der Waals surface area contributed by atoms with Crippen molar-refractivity contribution >= 4 is 37.5 Å². The molecule has 0 radical (unpaired) electrons. The van der Waals surface area contributed by atoms with E-state index in [0.717, 1.165) is 0 Å². The third-order valence-corrected chi connectivity index (χ3v) is 6.78. The molecule has 4 aromatic rings. The van der Waals surface area contributed by atoms with E-state index in [2.05, 4.69) is 95.7 Å². The lowest BCUT2D eigenvalue weighted by atomic mass is 9.91. The summed E-state index contributed by atoms with van der Waals surface area (Å²) in [6, 6.07) is 26.7. The molecule has 0 aromatic heterocycles. The summed E-state index contributed by atoms with van der Waals surface area (Å²) < 4.78 is 1.19. The quantitative estimate of drug-likeness (QED) is 0.187. The number of fused-ring (bicyclic) bond motifs is 2. The van der Waals surface area contributed by atoms with Gasteiger partial charge in [0.15, 0.2) is 0 Å².